The summed E-state index contributed by atoms with van der Waals surface area (Å²) in [7, 11) is -3.64. The van der Waals surface area contributed by atoms with E-state index in [1.54, 1.807) is 18.2 Å². The van der Waals surface area contributed by atoms with Crippen LogP contribution in [0.3, 0.4) is 0 Å². The van der Waals surface area contributed by atoms with Crippen molar-refractivity contribution in [2.75, 3.05) is 6.54 Å². The van der Waals surface area contributed by atoms with Crippen LogP contribution in [-0.4, -0.2) is 25.1 Å². The van der Waals surface area contributed by atoms with Crippen molar-refractivity contribution in [2.45, 2.75) is 18.7 Å². The highest BCUT2D eigenvalue weighted by atomic mass is 32.2. The lowest BCUT2D eigenvalue weighted by Gasteiger charge is -2.09. The fourth-order valence-corrected chi connectivity index (χ4v) is 4.21. The van der Waals surface area contributed by atoms with Gasteiger partial charge in [0.2, 0.25) is 10.0 Å². The van der Waals surface area contributed by atoms with Crippen LogP contribution in [0, 0.1) is 5.92 Å². The van der Waals surface area contributed by atoms with E-state index >= 15 is 0 Å². The van der Waals surface area contributed by atoms with Gasteiger partial charge in [0.1, 0.15) is 0 Å². The number of para-hydroxylation sites is 2. The first-order valence-electron chi connectivity index (χ1n) is 8.92. The van der Waals surface area contributed by atoms with Gasteiger partial charge in [-0.05, 0) is 42.3 Å². The molecule has 0 unspecified atom stereocenters. The van der Waals surface area contributed by atoms with E-state index in [1.165, 1.54) is 6.07 Å². The molecule has 8 heteroatoms. The Kier molecular flexibility index (Phi) is 4.52. The topological polar surface area (TPSA) is 107 Å². The molecule has 0 saturated carbocycles. The summed E-state index contributed by atoms with van der Waals surface area (Å²) in [5.74, 6) is 0.583. The minimum absolute atomic E-state index is 0.0615. The molecule has 2 heterocycles. The van der Waals surface area contributed by atoms with Gasteiger partial charge in [-0.2, -0.15) is 0 Å². The maximum atomic E-state index is 12.6. The van der Waals surface area contributed by atoms with Crippen LogP contribution >= 0.6 is 0 Å². The number of hydrogen-bond donors (Lipinski definition) is 3. The Bertz CT molecular complexity index is 1280. The Morgan fingerprint density at radius 2 is 1.82 bits per heavy atom. The van der Waals surface area contributed by atoms with Gasteiger partial charge < -0.3 is 10.1 Å². The molecular weight excluding hydrogens is 376 g/mol. The van der Waals surface area contributed by atoms with Crippen LogP contribution in [0.25, 0.3) is 17.0 Å². The first-order chi connectivity index (χ1) is 13.3. The molecule has 0 bridgehead atoms. The molecule has 1 aliphatic rings. The van der Waals surface area contributed by atoms with E-state index in [4.69, 9.17) is 0 Å². The molecule has 4 rings (SSSR count). The van der Waals surface area contributed by atoms with Crippen LogP contribution in [-0.2, 0) is 10.0 Å². The van der Waals surface area contributed by atoms with Crippen molar-refractivity contribution >= 4 is 27.0 Å². The normalized spacial score (nSPS) is 13.5. The molecule has 3 aromatic rings. The van der Waals surface area contributed by atoms with Crippen LogP contribution < -0.4 is 15.4 Å². The number of H-pyrrole nitrogens is 1. The Hall–Kier alpha value is -2.97. The Labute approximate surface area is 162 Å². The van der Waals surface area contributed by atoms with Crippen LogP contribution in [0.5, 0.6) is 5.88 Å². The molecular formula is C20H20N4O3S. The highest BCUT2D eigenvalue weighted by Crippen LogP contribution is 2.31. The Balaban J connectivity index is 1.79. The second kappa shape index (κ2) is 6.88. The molecule has 1 aromatic heterocycles. The SMILES string of the molecule is CC(C)CNS(=O)(=O)c1ccc2[nH]c(O)c(C=C3N=c4ccccc4=N3)c2c1. The van der Waals surface area contributed by atoms with Crippen molar-refractivity contribution in [2.24, 2.45) is 15.9 Å². The van der Waals surface area contributed by atoms with Crippen molar-refractivity contribution < 1.29 is 13.5 Å². The minimum Gasteiger partial charge on any atom is -0.494 e. The van der Waals surface area contributed by atoms with Gasteiger partial charge in [-0.3, -0.25) is 0 Å². The highest BCUT2D eigenvalue weighted by Gasteiger charge is 2.18. The third-order valence-electron chi connectivity index (χ3n) is 4.41. The molecule has 2 aromatic carbocycles. The molecule has 0 fully saturated rings. The second-order valence-electron chi connectivity index (χ2n) is 7.06. The van der Waals surface area contributed by atoms with E-state index in [9.17, 15) is 13.5 Å². The van der Waals surface area contributed by atoms with Gasteiger partial charge in [0.05, 0.1) is 15.6 Å². The average Bonchev–Trinajstić information content (AvgIpc) is 3.20. The molecule has 144 valence electrons. The van der Waals surface area contributed by atoms with Gasteiger partial charge in [-0.15, -0.1) is 0 Å². The zero-order valence-corrected chi connectivity index (χ0v) is 16.3. The van der Waals surface area contributed by atoms with E-state index in [1.807, 2.05) is 38.1 Å². The standard InChI is InChI=1S/C20H20N4O3S/c1-12(2)11-21-28(26,27)13-7-8-16-14(9-13)15(20(25)24-16)10-19-22-17-5-3-4-6-18(17)23-19/h3-10,12,21,24-25H,11H2,1-2H3. The average molecular weight is 396 g/mol. The van der Waals surface area contributed by atoms with Gasteiger partial charge >= 0.3 is 0 Å². The third kappa shape index (κ3) is 3.44. The summed E-state index contributed by atoms with van der Waals surface area (Å²) < 4.78 is 27.7. The first kappa shape index (κ1) is 18.4. The third-order valence-corrected chi connectivity index (χ3v) is 5.83. The van der Waals surface area contributed by atoms with Crippen LogP contribution in [0.4, 0.5) is 0 Å². The molecule has 0 amide bonds. The number of aromatic amines is 1. The lowest BCUT2D eigenvalue weighted by atomic mass is 10.1. The van der Waals surface area contributed by atoms with Gasteiger partial charge in [0.15, 0.2) is 11.7 Å². The first-order valence-corrected chi connectivity index (χ1v) is 10.4. The van der Waals surface area contributed by atoms with Crippen molar-refractivity contribution in [3.8, 4) is 5.88 Å². The molecule has 3 N–H and O–H groups in total. The maximum Gasteiger partial charge on any atom is 0.240 e. The number of hydrogen-bond acceptors (Lipinski definition) is 5. The predicted octanol–water partition coefficient (Wildman–Crippen LogP) is 2.06. The molecule has 0 radical (unpaired) electrons. The zero-order valence-electron chi connectivity index (χ0n) is 15.5. The smallest absolute Gasteiger partial charge is 0.240 e. The van der Waals surface area contributed by atoms with Crippen LogP contribution in [0.1, 0.15) is 19.4 Å². The lowest BCUT2D eigenvalue weighted by molar-refractivity contribution is 0.457. The molecule has 0 atom stereocenters. The minimum atomic E-state index is -3.64. The fourth-order valence-electron chi connectivity index (χ4n) is 2.97. The number of aromatic hydroxyl groups is 1. The second-order valence-corrected chi connectivity index (χ2v) is 8.82. The number of sulfonamides is 1. The largest absolute Gasteiger partial charge is 0.494 e. The van der Waals surface area contributed by atoms with Crippen LogP contribution in [0.15, 0.2) is 63.2 Å². The molecule has 0 saturated heterocycles. The summed E-state index contributed by atoms with van der Waals surface area (Å²) >= 11 is 0. The van der Waals surface area contributed by atoms with Crippen LogP contribution in [0.2, 0.25) is 0 Å². The van der Waals surface area contributed by atoms with E-state index < -0.39 is 10.0 Å². The summed E-state index contributed by atoms with van der Waals surface area (Å²) in [6, 6.07) is 12.2. The van der Waals surface area contributed by atoms with Gasteiger partial charge in [0, 0.05) is 23.0 Å². The van der Waals surface area contributed by atoms with Crippen molar-refractivity contribution in [3.05, 3.63) is 64.6 Å². The number of nitrogens with one attached hydrogen (secondary N) is 2. The Morgan fingerprint density at radius 1 is 1.14 bits per heavy atom. The summed E-state index contributed by atoms with van der Waals surface area (Å²) in [5.41, 5.74) is 1.08. The van der Waals surface area contributed by atoms with Crippen molar-refractivity contribution in [3.63, 3.8) is 0 Å². The maximum absolute atomic E-state index is 12.6. The number of rotatable bonds is 5. The van der Waals surface area contributed by atoms with E-state index in [2.05, 4.69) is 19.7 Å². The summed E-state index contributed by atoms with van der Waals surface area (Å²) in [6.07, 6.45) is 1.64. The summed E-state index contributed by atoms with van der Waals surface area (Å²) in [5, 5.41) is 12.4. The zero-order chi connectivity index (χ0) is 19.9. The van der Waals surface area contributed by atoms with Gasteiger partial charge in [-0.1, -0.05) is 26.0 Å². The lowest BCUT2D eigenvalue weighted by Crippen LogP contribution is -2.27. The van der Waals surface area contributed by atoms with E-state index in [-0.39, 0.29) is 16.7 Å². The number of fused-ring (bicyclic) bond motifs is 2. The summed E-state index contributed by atoms with van der Waals surface area (Å²) in [6.45, 7) is 4.23. The molecule has 7 nitrogen and oxygen atoms in total. The fraction of sp³-hybridized carbons (Fsp3) is 0.200. The predicted molar refractivity (Wildman–Crippen MR) is 107 cm³/mol. The number of aromatic nitrogens is 1. The van der Waals surface area contributed by atoms with E-state index in [0.29, 0.717) is 28.8 Å². The van der Waals surface area contributed by atoms with Gasteiger partial charge in [0.25, 0.3) is 0 Å². The van der Waals surface area contributed by atoms with Crippen molar-refractivity contribution in [1.82, 2.24) is 9.71 Å². The quantitative estimate of drug-likeness (QED) is 0.614. The monoisotopic (exact) mass is 396 g/mol. The van der Waals surface area contributed by atoms with Crippen molar-refractivity contribution in [1.29, 1.82) is 0 Å². The molecule has 1 aliphatic heterocycles. The molecule has 0 aliphatic carbocycles. The molecule has 28 heavy (non-hydrogen) atoms. The van der Waals surface area contributed by atoms with E-state index in [0.717, 1.165) is 10.7 Å². The number of nitrogens with zero attached hydrogens (tertiary/aromatic N) is 2. The highest BCUT2D eigenvalue weighted by molar-refractivity contribution is 7.89. The summed E-state index contributed by atoms with van der Waals surface area (Å²) in [4.78, 5) is 11.9. The van der Waals surface area contributed by atoms with Gasteiger partial charge in [-0.25, -0.2) is 23.1 Å². The number of benzene rings is 2. The molecule has 0 spiro atoms. The Morgan fingerprint density at radius 3 is 2.46 bits per heavy atom.